The lowest BCUT2D eigenvalue weighted by Crippen LogP contribution is -2.13. The Balaban J connectivity index is 2.52. The van der Waals surface area contributed by atoms with E-state index in [4.69, 9.17) is 17.3 Å². The molecule has 0 fully saturated rings. The first-order chi connectivity index (χ1) is 6.18. The van der Waals surface area contributed by atoms with Gasteiger partial charge in [-0.25, -0.2) is 4.68 Å². The van der Waals surface area contributed by atoms with E-state index in [1.807, 2.05) is 0 Å². The van der Waals surface area contributed by atoms with Crippen molar-refractivity contribution in [1.29, 1.82) is 0 Å². The summed E-state index contributed by atoms with van der Waals surface area (Å²) in [5.41, 5.74) is 11.4. The molecule has 8 heteroatoms. The fourth-order valence-electron chi connectivity index (χ4n) is 0.939. The molecule has 0 aliphatic carbocycles. The SMILES string of the molecule is Nc1cc(-c2nnc(N)n2N)[nH]n1. The highest BCUT2D eigenvalue weighted by Gasteiger charge is 2.10. The van der Waals surface area contributed by atoms with Crippen molar-refractivity contribution in [2.24, 2.45) is 0 Å². The van der Waals surface area contributed by atoms with Crippen molar-refractivity contribution in [3.63, 3.8) is 0 Å². The van der Waals surface area contributed by atoms with Gasteiger partial charge in [0, 0.05) is 6.07 Å². The van der Waals surface area contributed by atoms with Crippen LogP contribution < -0.4 is 17.3 Å². The molecule has 2 aromatic heterocycles. The minimum atomic E-state index is 0.128. The maximum Gasteiger partial charge on any atom is 0.241 e. The molecule has 8 nitrogen and oxygen atoms in total. The fraction of sp³-hybridized carbons (Fsp3) is 0. The predicted molar refractivity (Wildman–Crippen MR) is 46.6 cm³/mol. The van der Waals surface area contributed by atoms with Crippen molar-refractivity contribution in [3.05, 3.63) is 6.07 Å². The Morgan fingerprint density at radius 3 is 2.54 bits per heavy atom. The Labute approximate surface area is 72.7 Å². The van der Waals surface area contributed by atoms with E-state index in [-0.39, 0.29) is 5.95 Å². The fourth-order valence-corrected chi connectivity index (χ4v) is 0.939. The van der Waals surface area contributed by atoms with E-state index in [1.54, 1.807) is 6.07 Å². The van der Waals surface area contributed by atoms with Crippen LogP contribution in [-0.4, -0.2) is 25.1 Å². The van der Waals surface area contributed by atoms with Crippen molar-refractivity contribution in [2.75, 3.05) is 17.3 Å². The lowest BCUT2D eigenvalue weighted by atomic mass is 10.4. The number of hydrogen-bond donors (Lipinski definition) is 4. The van der Waals surface area contributed by atoms with E-state index in [2.05, 4.69) is 20.4 Å². The van der Waals surface area contributed by atoms with Crippen molar-refractivity contribution >= 4 is 11.8 Å². The minimum Gasteiger partial charge on any atom is -0.382 e. The molecular weight excluding hydrogens is 172 g/mol. The molecule has 2 aromatic rings. The van der Waals surface area contributed by atoms with E-state index in [0.717, 1.165) is 4.68 Å². The third-order valence-corrected chi connectivity index (χ3v) is 1.56. The Hall–Kier alpha value is -2.25. The quantitative estimate of drug-likeness (QED) is 0.396. The highest BCUT2D eigenvalue weighted by molar-refractivity contribution is 5.55. The summed E-state index contributed by atoms with van der Waals surface area (Å²) in [5.74, 6) is 6.40. The standard InChI is InChI=1S/C5H8N8/c6-3-1-2(9-10-3)4-11-12-5(7)13(4)8/h1H,8H2,(H2,7,12)(H3,6,9,10). The Bertz CT molecular complexity index is 425. The summed E-state index contributed by atoms with van der Waals surface area (Å²) in [4.78, 5) is 0. The Morgan fingerprint density at radius 1 is 1.31 bits per heavy atom. The van der Waals surface area contributed by atoms with Crippen LogP contribution in [0.15, 0.2) is 6.07 Å². The number of nitrogen functional groups attached to an aromatic ring is 3. The molecule has 7 N–H and O–H groups in total. The van der Waals surface area contributed by atoms with Crippen LogP contribution in [0.2, 0.25) is 0 Å². The van der Waals surface area contributed by atoms with Crippen LogP contribution in [0.5, 0.6) is 0 Å². The smallest absolute Gasteiger partial charge is 0.241 e. The molecule has 13 heavy (non-hydrogen) atoms. The van der Waals surface area contributed by atoms with Crippen LogP contribution in [0, 0.1) is 0 Å². The highest BCUT2D eigenvalue weighted by Crippen LogP contribution is 2.15. The number of nitrogens with one attached hydrogen (secondary N) is 1. The van der Waals surface area contributed by atoms with Gasteiger partial charge in [-0.05, 0) is 0 Å². The number of hydrogen-bond acceptors (Lipinski definition) is 6. The summed E-state index contributed by atoms with van der Waals surface area (Å²) in [6.45, 7) is 0. The number of nitrogens with zero attached hydrogens (tertiary/aromatic N) is 4. The van der Waals surface area contributed by atoms with E-state index in [9.17, 15) is 0 Å². The number of aromatic nitrogens is 5. The first-order valence-electron chi connectivity index (χ1n) is 3.45. The number of anilines is 2. The molecule has 2 heterocycles. The molecule has 0 spiro atoms. The third kappa shape index (κ3) is 1.04. The largest absolute Gasteiger partial charge is 0.382 e. The van der Waals surface area contributed by atoms with Gasteiger partial charge in [0.15, 0.2) is 0 Å². The van der Waals surface area contributed by atoms with E-state index in [0.29, 0.717) is 17.3 Å². The second-order valence-corrected chi connectivity index (χ2v) is 2.46. The summed E-state index contributed by atoms with van der Waals surface area (Å²) >= 11 is 0. The van der Waals surface area contributed by atoms with Crippen LogP contribution in [0.4, 0.5) is 11.8 Å². The van der Waals surface area contributed by atoms with Gasteiger partial charge in [-0.2, -0.15) is 5.10 Å². The molecule has 0 aromatic carbocycles. The van der Waals surface area contributed by atoms with Gasteiger partial charge >= 0.3 is 0 Å². The monoisotopic (exact) mass is 180 g/mol. The van der Waals surface area contributed by atoms with Gasteiger partial charge in [-0.3, -0.25) is 5.10 Å². The molecule has 0 amide bonds. The van der Waals surface area contributed by atoms with Crippen LogP contribution in [0.25, 0.3) is 11.5 Å². The number of rotatable bonds is 1. The average Bonchev–Trinajstić information content (AvgIpc) is 2.62. The second kappa shape index (κ2) is 2.37. The van der Waals surface area contributed by atoms with Gasteiger partial charge in [0.1, 0.15) is 11.5 Å². The zero-order valence-corrected chi connectivity index (χ0v) is 6.60. The van der Waals surface area contributed by atoms with Crippen molar-refractivity contribution in [1.82, 2.24) is 25.1 Å². The topological polar surface area (TPSA) is 137 Å². The van der Waals surface area contributed by atoms with Crippen molar-refractivity contribution in [2.45, 2.75) is 0 Å². The molecule has 0 aliphatic heterocycles. The molecule has 0 atom stereocenters. The zero-order chi connectivity index (χ0) is 9.42. The molecule has 0 bridgehead atoms. The maximum absolute atomic E-state index is 5.52. The molecule has 0 aliphatic rings. The van der Waals surface area contributed by atoms with Crippen molar-refractivity contribution < 1.29 is 0 Å². The number of aromatic amines is 1. The first kappa shape index (κ1) is 7.40. The maximum atomic E-state index is 5.52. The number of H-pyrrole nitrogens is 1. The molecule has 68 valence electrons. The third-order valence-electron chi connectivity index (χ3n) is 1.56. The number of nitrogens with two attached hydrogens (primary N) is 3. The molecule has 0 unspecified atom stereocenters. The molecule has 0 saturated carbocycles. The molecular formula is C5H8N8. The lowest BCUT2D eigenvalue weighted by Gasteiger charge is -1.96. The zero-order valence-electron chi connectivity index (χ0n) is 6.60. The summed E-state index contributed by atoms with van der Waals surface area (Å²) in [5, 5.41) is 13.7. The Kier molecular flexibility index (Phi) is 1.35. The van der Waals surface area contributed by atoms with Crippen molar-refractivity contribution in [3.8, 4) is 11.5 Å². The van der Waals surface area contributed by atoms with Crippen LogP contribution in [0.3, 0.4) is 0 Å². The summed E-state index contributed by atoms with van der Waals surface area (Å²) in [7, 11) is 0. The van der Waals surface area contributed by atoms with Gasteiger partial charge in [0.2, 0.25) is 11.8 Å². The van der Waals surface area contributed by atoms with Crippen LogP contribution >= 0.6 is 0 Å². The van der Waals surface area contributed by atoms with Gasteiger partial charge in [0.25, 0.3) is 0 Å². The normalized spacial score (nSPS) is 10.5. The van der Waals surface area contributed by atoms with Gasteiger partial charge in [0.05, 0.1) is 0 Å². The minimum absolute atomic E-state index is 0.128. The molecule has 0 radical (unpaired) electrons. The molecule has 0 saturated heterocycles. The highest BCUT2D eigenvalue weighted by atomic mass is 15.5. The predicted octanol–water partition coefficient (Wildman–Crippen LogP) is -1.45. The molecule has 2 rings (SSSR count). The van der Waals surface area contributed by atoms with Crippen LogP contribution in [-0.2, 0) is 0 Å². The Morgan fingerprint density at radius 2 is 2.08 bits per heavy atom. The van der Waals surface area contributed by atoms with E-state index in [1.165, 1.54) is 0 Å². The van der Waals surface area contributed by atoms with E-state index >= 15 is 0 Å². The van der Waals surface area contributed by atoms with Gasteiger partial charge in [-0.15, -0.1) is 10.2 Å². The lowest BCUT2D eigenvalue weighted by molar-refractivity contribution is 0.996. The summed E-state index contributed by atoms with van der Waals surface area (Å²) in [6, 6.07) is 1.59. The van der Waals surface area contributed by atoms with Gasteiger partial charge < -0.3 is 17.3 Å². The second-order valence-electron chi connectivity index (χ2n) is 2.46. The van der Waals surface area contributed by atoms with E-state index < -0.39 is 0 Å². The van der Waals surface area contributed by atoms with Gasteiger partial charge in [-0.1, -0.05) is 0 Å². The average molecular weight is 180 g/mol. The summed E-state index contributed by atoms with van der Waals surface area (Å²) in [6.07, 6.45) is 0. The van der Waals surface area contributed by atoms with Crippen LogP contribution in [0.1, 0.15) is 0 Å². The summed E-state index contributed by atoms with van der Waals surface area (Å²) < 4.78 is 1.15. The first-order valence-corrected chi connectivity index (χ1v) is 3.45.